The number of nitrogens with one attached hydrogen (secondary N) is 1. The zero-order valence-corrected chi connectivity index (χ0v) is 9.84. The SMILES string of the molecule is Nc1n[nH]c(-c2ncccn2)c1-c1ccc(F)cc1. The van der Waals surface area contributed by atoms with Crippen LogP contribution in [-0.4, -0.2) is 20.2 Å². The van der Waals surface area contributed by atoms with Gasteiger partial charge in [0, 0.05) is 12.4 Å². The maximum Gasteiger partial charge on any atom is 0.178 e. The number of nitrogens with zero attached hydrogens (tertiary/aromatic N) is 3. The molecule has 3 rings (SSSR count). The molecule has 0 bridgehead atoms. The Hall–Kier alpha value is -2.76. The Kier molecular flexibility index (Phi) is 2.68. The average Bonchev–Trinajstić information content (AvgIpc) is 2.83. The number of hydrogen-bond donors (Lipinski definition) is 2. The molecular weight excluding hydrogens is 245 g/mol. The van der Waals surface area contributed by atoms with Gasteiger partial charge in [0.1, 0.15) is 11.5 Å². The van der Waals surface area contributed by atoms with Crippen LogP contribution in [0.3, 0.4) is 0 Å². The van der Waals surface area contributed by atoms with Crippen LogP contribution in [0.5, 0.6) is 0 Å². The molecule has 0 saturated heterocycles. The van der Waals surface area contributed by atoms with Crippen molar-refractivity contribution >= 4 is 5.82 Å². The lowest BCUT2D eigenvalue weighted by molar-refractivity contribution is 0.628. The topological polar surface area (TPSA) is 80.5 Å². The summed E-state index contributed by atoms with van der Waals surface area (Å²) >= 11 is 0. The molecule has 0 saturated carbocycles. The summed E-state index contributed by atoms with van der Waals surface area (Å²) in [6.07, 6.45) is 3.27. The Morgan fingerprint density at radius 3 is 2.42 bits per heavy atom. The van der Waals surface area contributed by atoms with E-state index in [-0.39, 0.29) is 5.82 Å². The number of nitrogen functional groups attached to an aromatic ring is 1. The fourth-order valence-corrected chi connectivity index (χ4v) is 1.85. The van der Waals surface area contributed by atoms with Crippen molar-refractivity contribution in [3.05, 3.63) is 48.5 Å². The van der Waals surface area contributed by atoms with Crippen molar-refractivity contribution in [1.82, 2.24) is 20.2 Å². The predicted molar refractivity (Wildman–Crippen MR) is 69.4 cm³/mol. The minimum absolute atomic E-state index is 0.302. The van der Waals surface area contributed by atoms with E-state index < -0.39 is 0 Å². The second kappa shape index (κ2) is 4.49. The standard InChI is InChI=1S/C13H10FN5/c14-9-4-2-8(3-5-9)10-11(18-19-12(10)15)13-16-6-1-7-17-13/h1-7H,(H3,15,18,19). The van der Waals surface area contributed by atoms with Gasteiger partial charge in [-0.2, -0.15) is 5.10 Å². The van der Waals surface area contributed by atoms with Gasteiger partial charge in [-0.3, -0.25) is 5.10 Å². The van der Waals surface area contributed by atoms with E-state index in [9.17, 15) is 4.39 Å². The van der Waals surface area contributed by atoms with E-state index in [0.717, 1.165) is 5.56 Å². The van der Waals surface area contributed by atoms with Gasteiger partial charge in [0.15, 0.2) is 11.6 Å². The molecule has 5 nitrogen and oxygen atoms in total. The molecule has 94 valence electrons. The number of aromatic amines is 1. The number of H-pyrrole nitrogens is 1. The van der Waals surface area contributed by atoms with Crippen molar-refractivity contribution in [3.63, 3.8) is 0 Å². The van der Waals surface area contributed by atoms with E-state index >= 15 is 0 Å². The Balaban J connectivity index is 2.17. The first-order valence-electron chi connectivity index (χ1n) is 5.63. The summed E-state index contributed by atoms with van der Waals surface area (Å²) in [5, 5.41) is 6.78. The number of hydrogen-bond acceptors (Lipinski definition) is 4. The third-order valence-electron chi connectivity index (χ3n) is 2.72. The Morgan fingerprint density at radius 1 is 1.05 bits per heavy atom. The van der Waals surface area contributed by atoms with Crippen LogP contribution in [0.2, 0.25) is 0 Å². The second-order valence-electron chi connectivity index (χ2n) is 3.94. The van der Waals surface area contributed by atoms with Crippen LogP contribution < -0.4 is 5.73 Å². The molecule has 0 aliphatic rings. The molecule has 0 amide bonds. The number of halogens is 1. The predicted octanol–water partition coefficient (Wildman–Crippen LogP) is 2.25. The van der Waals surface area contributed by atoms with Gasteiger partial charge < -0.3 is 5.73 Å². The van der Waals surface area contributed by atoms with Gasteiger partial charge >= 0.3 is 0 Å². The van der Waals surface area contributed by atoms with Crippen LogP contribution in [0.15, 0.2) is 42.7 Å². The zero-order chi connectivity index (χ0) is 13.2. The van der Waals surface area contributed by atoms with Gasteiger partial charge in [0.2, 0.25) is 0 Å². The summed E-state index contributed by atoms with van der Waals surface area (Å²) in [4.78, 5) is 8.31. The van der Waals surface area contributed by atoms with Crippen molar-refractivity contribution in [2.45, 2.75) is 0 Å². The van der Waals surface area contributed by atoms with Crippen LogP contribution in [0.1, 0.15) is 0 Å². The van der Waals surface area contributed by atoms with Crippen molar-refractivity contribution in [2.75, 3.05) is 5.73 Å². The molecule has 0 aliphatic carbocycles. The molecule has 0 aliphatic heterocycles. The van der Waals surface area contributed by atoms with Crippen LogP contribution in [0.25, 0.3) is 22.6 Å². The van der Waals surface area contributed by atoms with E-state index in [0.29, 0.717) is 22.9 Å². The highest BCUT2D eigenvalue weighted by Crippen LogP contribution is 2.32. The van der Waals surface area contributed by atoms with Gasteiger partial charge in [-0.25, -0.2) is 14.4 Å². The highest BCUT2D eigenvalue weighted by molar-refractivity contribution is 5.85. The Bertz CT molecular complexity index is 691. The molecule has 0 radical (unpaired) electrons. The van der Waals surface area contributed by atoms with E-state index in [1.54, 1.807) is 30.6 Å². The summed E-state index contributed by atoms with van der Waals surface area (Å²) < 4.78 is 13.0. The molecule has 2 heterocycles. The van der Waals surface area contributed by atoms with Crippen LogP contribution in [-0.2, 0) is 0 Å². The van der Waals surface area contributed by atoms with Gasteiger partial charge in [0.25, 0.3) is 0 Å². The average molecular weight is 255 g/mol. The second-order valence-corrected chi connectivity index (χ2v) is 3.94. The first-order valence-corrected chi connectivity index (χ1v) is 5.63. The fraction of sp³-hybridized carbons (Fsp3) is 0. The third kappa shape index (κ3) is 2.03. The first-order chi connectivity index (χ1) is 9.25. The highest BCUT2D eigenvalue weighted by atomic mass is 19.1. The number of nitrogens with two attached hydrogens (primary N) is 1. The van der Waals surface area contributed by atoms with Crippen molar-refractivity contribution < 1.29 is 4.39 Å². The Labute approximate surface area is 108 Å². The summed E-state index contributed by atoms with van der Waals surface area (Å²) in [6, 6.07) is 7.75. The third-order valence-corrected chi connectivity index (χ3v) is 2.72. The minimum atomic E-state index is -0.302. The smallest absolute Gasteiger partial charge is 0.178 e. The van der Waals surface area contributed by atoms with E-state index in [1.807, 2.05) is 0 Å². The summed E-state index contributed by atoms with van der Waals surface area (Å²) in [5.41, 5.74) is 7.90. The lowest BCUT2D eigenvalue weighted by Crippen LogP contribution is -1.91. The fourth-order valence-electron chi connectivity index (χ4n) is 1.85. The molecule has 3 aromatic rings. The summed E-state index contributed by atoms with van der Waals surface area (Å²) in [5.74, 6) is 0.517. The van der Waals surface area contributed by atoms with Crippen LogP contribution >= 0.6 is 0 Å². The molecule has 0 atom stereocenters. The van der Waals surface area contributed by atoms with Crippen molar-refractivity contribution in [2.24, 2.45) is 0 Å². The molecule has 0 fully saturated rings. The van der Waals surface area contributed by atoms with Gasteiger partial charge in [-0.05, 0) is 23.8 Å². The maximum atomic E-state index is 13.0. The molecule has 6 heteroatoms. The zero-order valence-electron chi connectivity index (χ0n) is 9.84. The number of aromatic nitrogens is 4. The molecular formula is C13H10FN5. The van der Waals surface area contributed by atoms with Crippen molar-refractivity contribution in [1.29, 1.82) is 0 Å². The quantitative estimate of drug-likeness (QED) is 0.736. The molecule has 3 N–H and O–H groups in total. The minimum Gasteiger partial charge on any atom is -0.382 e. The normalized spacial score (nSPS) is 10.6. The maximum absolute atomic E-state index is 13.0. The number of anilines is 1. The number of rotatable bonds is 2. The molecule has 2 aromatic heterocycles. The summed E-state index contributed by atoms with van der Waals surface area (Å²) in [6.45, 7) is 0. The molecule has 19 heavy (non-hydrogen) atoms. The van der Waals surface area contributed by atoms with Crippen LogP contribution in [0.4, 0.5) is 10.2 Å². The molecule has 0 spiro atoms. The van der Waals surface area contributed by atoms with E-state index in [4.69, 9.17) is 5.73 Å². The highest BCUT2D eigenvalue weighted by Gasteiger charge is 2.16. The number of benzene rings is 1. The molecule has 0 unspecified atom stereocenters. The van der Waals surface area contributed by atoms with E-state index in [1.165, 1.54) is 12.1 Å². The lowest BCUT2D eigenvalue weighted by Gasteiger charge is -2.03. The monoisotopic (exact) mass is 255 g/mol. The first kappa shape index (κ1) is 11.3. The van der Waals surface area contributed by atoms with Gasteiger partial charge in [0.05, 0.1) is 5.56 Å². The lowest BCUT2D eigenvalue weighted by atomic mass is 10.1. The van der Waals surface area contributed by atoms with Gasteiger partial charge in [-0.15, -0.1) is 0 Å². The summed E-state index contributed by atoms with van der Waals surface area (Å²) in [7, 11) is 0. The largest absolute Gasteiger partial charge is 0.382 e. The van der Waals surface area contributed by atoms with E-state index in [2.05, 4.69) is 20.2 Å². The van der Waals surface area contributed by atoms with Crippen LogP contribution in [0, 0.1) is 5.82 Å². The van der Waals surface area contributed by atoms with Crippen molar-refractivity contribution in [3.8, 4) is 22.6 Å². The molecule has 1 aromatic carbocycles. The Morgan fingerprint density at radius 2 is 1.74 bits per heavy atom. The van der Waals surface area contributed by atoms with Gasteiger partial charge in [-0.1, -0.05) is 12.1 Å².